The van der Waals surface area contributed by atoms with Crippen LogP contribution in [0.3, 0.4) is 0 Å². The van der Waals surface area contributed by atoms with Crippen LogP contribution in [-0.2, 0) is 16.8 Å². The molecule has 0 amide bonds. The van der Waals surface area contributed by atoms with Crippen molar-refractivity contribution in [3.05, 3.63) is 34.5 Å². The Labute approximate surface area is 119 Å². The van der Waals surface area contributed by atoms with E-state index >= 15 is 0 Å². The van der Waals surface area contributed by atoms with Gasteiger partial charge in [0, 0.05) is 10.9 Å². The first kappa shape index (κ1) is 13.0. The number of benzene rings is 1. The Morgan fingerprint density at radius 3 is 2.95 bits per heavy atom. The fourth-order valence-electron chi connectivity index (χ4n) is 3.39. The van der Waals surface area contributed by atoms with E-state index in [-0.39, 0.29) is 5.60 Å². The zero-order chi connectivity index (χ0) is 13.5. The summed E-state index contributed by atoms with van der Waals surface area (Å²) < 4.78 is 6.18. The Morgan fingerprint density at radius 1 is 1.37 bits per heavy atom. The third-order valence-corrected chi connectivity index (χ3v) is 4.60. The molecule has 0 bridgehead atoms. The molecule has 0 aliphatic carbocycles. The standard InChI is InChI=1S/C16H20ClNO/c1-3-9-16(4-2)15-11(8-10-19-16)14-12(17)6-5-7-13(14)18-15/h5-7,18H,3-4,8-10H2,1-2H3. The molecule has 1 aromatic carbocycles. The van der Waals surface area contributed by atoms with E-state index in [9.17, 15) is 0 Å². The average Bonchev–Trinajstić information content (AvgIpc) is 2.80. The Balaban J connectivity index is 2.25. The van der Waals surface area contributed by atoms with Crippen molar-refractivity contribution < 1.29 is 4.74 Å². The molecule has 0 saturated heterocycles. The number of halogens is 1. The van der Waals surface area contributed by atoms with Crippen molar-refractivity contribution in [3.8, 4) is 0 Å². The van der Waals surface area contributed by atoms with E-state index in [4.69, 9.17) is 16.3 Å². The van der Waals surface area contributed by atoms with Crippen LogP contribution in [0.15, 0.2) is 18.2 Å². The summed E-state index contributed by atoms with van der Waals surface area (Å²) in [6, 6.07) is 6.08. The number of aromatic nitrogens is 1. The topological polar surface area (TPSA) is 25.0 Å². The van der Waals surface area contributed by atoms with Gasteiger partial charge < -0.3 is 9.72 Å². The lowest BCUT2D eigenvalue weighted by Crippen LogP contribution is -2.35. The minimum atomic E-state index is -0.148. The quantitative estimate of drug-likeness (QED) is 0.856. The number of rotatable bonds is 3. The van der Waals surface area contributed by atoms with Gasteiger partial charge in [0.2, 0.25) is 0 Å². The second-order valence-electron chi connectivity index (χ2n) is 5.34. The average molecular weight is 278 g/mol. The molecule has 19 heavy (non-hydrogen) atoms. The van der Waals surface area contributed by atoms with Gasteiger partial charge in [0.1, 0.15) is 5.60 Å². The summed E-state index contributed by atoms with van der Waals surface area (Å²) in [5.41, 5.74) is 3.61. The van der Waals surface area contributed by atoms with Crippen LogP contribution in [0.2, 0.25) is 5.02 Å². The molecule has 0 fully saturated rings. The van der Waals surface area contributed by atoms with Gasteiger partial charge in [0.15, 0.2) is 0 Å². The molecule has 2 nitrogen and oxygen atoms in total. The van der Waals surface area contributed by atoms with E-state index in [1.165, 1.54) is 16.6 Å². The maximum Gasteiger partial charge on any atom is 0.108 e. The summed E-state index contributed by atoms with van der Waals surface area (Å²) in [6.45, 7) is 5.21. The monoisotopic (exact) mass is 277 g/mol. The third kappa shape index (κ3) is 1.89. The summed E-state index contributed by atoms with van der Waals surface area (Å²) in [5.74, 6) is 0. The van der Waals surface area contributed by atoms with Gasteiger partial charge in [-0.25, -0.2) is 0 Å². The number of H-pyrrole nitrogens is 1. The van der Waals surface area contributed by atoms with Gasteiger partial charge in [0.05, 0.1) is 17.3 Å². The Bertz CT molecular complexity index is 604. The van der Waals surface area contributed by atoms with E-state index in [1.807, 2.05) is 12.1 Å². The number of hydrogen-bond donors (Lipinski definition) is 1. The minimum Gasteiger partial charge on any atom is -0.368 e. The Kier molecular flexibility index (Phi) is 3.32. The highest BCUT2D eigenvalue weighted by atomic mass is 35.5. The number of ether oxygens (including phenoxy) is 1. The van der Waals surface area contributed by atoms with Crippen molar-refractivity contribution in [2.45, 2.75) is 45.1 Å². The molecule has 0 spiro atoms. The summed E-state index contributed by atoms with van der Waals surface area (Å²) in [5, 5.41) is 2.04. The maximum absolute atomic E-state index is 6.39. The zero-order valence-corrected chi connectivity index (χ0v) is 12.3. The van der Waals surface area contributed by atoms with Crippen molar-refractivity contribution in [1.82, 2.24) is 4.98 Å². The molecule has 102 valence electrons. The highest BCUT2D eigenvalue weighted by Crippen LogP contribution is 2.43. The predicted octanol–water partition coefficient (Wildman–Crippen LogP) is 4.80. The first-order chi connectivity index (χ1) is 9.22. The molecule has 2 heterocycles. The molecule has 3 rings (SSSR count). The second-order valence-corrected chi connectivity index (χ2v) is 5.74. The molecular weight excluding hydrogens is 258 g/mol. The van der Waals surface area contributed by atoms with Crippen LogP contribution in [0, 0.1) is 0 Å². The number of hydrogen-bond acceptors (Lipinski definition) is 1. The molecule has 1 unspecified atom stereocenters. The van der Waals surface area contributed by atoms with Gasteiger partial charge >= 0.3 is 0 Å². The predicted molar refractivity (Wildman–Crippen MR) is 79.8 cm³/mol. The number of fused-ring (bicyclic) bond motifs is 3. The van der Waals surface area contributed by atoms with Crippen LogP contribution in [0.25, 0.3) is 10.9 Å². The molecule has 0 radical (unpaired) electrons. The number of aromatic amines is 1. The van der Waals surface area contributed by atoms with E-state index in [1.54, 1.807) is 0 Å². The van der Waals surface area contributed by atoms with Crippen LogP contribution < -0.4 is 0 Å². The lowest BCUT2D eigenvalue weighted by molar-refractivity contribution is -0.0723. The van der Waals surface area contributed by atoms with Crippen molar-refractivity contribution in [2.75, 3.05) is 6.61 Å². The van der Waals surface area contributed by atoms with E-state index < -0.39 is 0 Å². The van der Waals surface area contributed by atoms with Gasteiger partial charge in [-0.05, 0) is 37.0 Å². The van der Waals surface area contributed by atoms with Gasteiger partial charge in [-0.15, -0.1) is 0 Å². The third-order valence-electron chi connectivity index (χ3n) is 4.29. The van der Waals surface area contributed by atoms with E-state index in [0.717, 1.165) is 42.8 Å². The van der Waals surface area contributed by atoms with E-state index in [2.05, 4.69) is 24.9 Å². The molecule has 2 aromatic rings. The van der Waals surface area contributed by atoms with Crippen molar-refractivity contribution in [3.63, 3.8) is 0 Å². The molecule has 1 atom stereocenters. The minimum absolute atomic E-state index is 0.148. The first-order valence-electron chi connectivity index (χ1n) is 7.15. The van der Waals surface area contributed by atoms with Crippen LogP contribution in [0.1, 0.15) is 44.4 Å². The van der Waals surface area contributed by atoms with E-state index in [0.29, 0.717) is 0 Å². The summed E-state index contributed by atoms with van der Waals surface area (Å²) >= 11 is 6.39. The Hall–Kier alpha value is -0.990. The lowest BCUT2D eigenvalue weighted by atomic mass is 9.85. The molecule has 1 N–H and O–H groups in total. The first-order valence-corrected chi connectivity index (χ1v) is 7.53. The van der Waals surface area contributed by atoms with Crippen molar-refractivity contribution in [2.24, 2.45) is 0 Å². The molecule has 0 saturated carbocycles. The second kappa shape index (κ2) is 4.84. The van der Waals surface area contributed by atoms with Gasteiger partial charge in [-0.1, -0.05) is 37.9 Å². The Morgan fingerprint density at radius 2 is 2.21 bits per heavy atom. The van der Waals surface area contributed by atoms with Gasteiger partial charge in [0.25, 0.3) is 0 Å². The van der Waals surface area contributed by atoms with Gasteiger partial charge in [-0.3, -0.25) is 0 Å². The molecule has 3 heteroatoms. The normalized spacial score (nSPS) is 22.7. The fourth-order valence-corrected chi connectivity index (χ4v) is 3.67. The summed E-state index contributed by atoms with van der Waals surface area (Å²) in [6.07, 6.45) is 4.13. The SMILES string of the molecule is CCCC1(CC)OCCc2c1[nH]c1cccc(Cl)c21. The van der Waals surface area contributed by atoms with Crippen LogP contribution in [0.4, 0.5) is 0 Å². The van der Waals surface area contributed by atoms with Crippen LogP contribution in [0.5, 0.6) is 0 Å². The smallest absolute Gasteiger partial charge is 0.108 e. The zero-order valence-electron chi connectivity index (χ0n) is 11.6. The maximum atomic E-state index is 6.39. The summed E-state index contributed by atoms with van der Waals surface area (Å²) in [7, 11) is 0. The molecular formula is C16H20ClNO. The van der Waals surface area contributed by atoms with Gasteiger partial charge in [-0.2, -0.15) is 0 Å². The molecule has 1 aliphatic heterocycles. The largest absolute Gasteiger partial charge is 0.368 e. The van der Waals surface area contributed by atoms with Crippen LogP contribution in [-0.4, -0.2) is 11.6 Å². The highest BCUT2D eigenvalue weighted by Gasteiger charge is 2.38. The number of nitrogens with one attached hydrogen (secondary N) is 1. The van der Waals surface area contributed by atoms with Crippen molar-refractivity contribution in [1.29, 1.82) is 0 Å². The van der Waals surface area contributed by atoms with Crippen LogP contribution >= 0.6 is 11.6 Å². The fraction of sp³-hybridized carbons (Fsp3) is 0.500. The lowest BCUT2D eigenvalue weighted by Gasteiger charge is -2.36. The van der Waals surface area contributed by atoms with Crippen molar-refractivity contribution >= 4 is 22.5 Å². The molecule has 1 aromatic heterocycles. The highest BCUT2D eigenvalue weighted by molar-refractivity contribution is 6.35. The summed E-state index contributed by atoms with van der Waals surface area (Å²) in [4.78, 5) is 3.57. The molecule has 1 aliphatic rings.